The normalized spacial score (nSPS) is 22.6. The van der Waals surface area contributed by atoms with Gasteiger partial charge in [0.2, 0.25) is 0 Å². The molecule has 0 aromatic heterocycles. The first-order valence-electron chi connectivity index (χ1n) is 5.71. The predicted octanol–water partition coefficient (Wildman–Crippen LogP) is 2.48. The number of ketones is 1. The monoisotopic (exact) mass is 212 g/mol. The lowest BCUT2D eigenvalue weighted by molar-refractivity contribution is -0.165. The fourth-order valence-electron chi connectivity index (χ4n) is 1.51. The van der Waals surface area contributed by atoms with Crippen molar-refractivity contribution in [2.75, 3.05) is 0 Å². The Bertz CT molecular complexity index is 256. The smallest absolute Gasteiger partial charge is 0.312 e. The van der Waals surface area contributed by atoms with Gasteiger partial charge in [-0.3, -0.25) is 9.59 Å². The Morgan fingerprint density at radius 2 is 2.13 bits per heavy atom. The van der Waals surface area contributed by atoms with Gasteiger partial charge in [-0.05, 0) is 39.5 Å². The van der Waals surface area contributed by atoms with E-state index in [-0.39, 0.29) is 11.8 Å². The molecule has 0 aromatic rings. The number of carbonyl (C=O) groups excluding carboxylic acids is 2. The number of hydrogen-bond donors (Lipinski definition) is 0. The summed E-state index contributed by atoms with van der Waals surface area (Å²) in [5.41, 5.74) is -0.474. The van der Waals surface area contributed by atoms with Crippen LogP contribution in [0, 0.1) is 5.41 Å². The summed E-state index contributed by atoms with van der Waals surface area (Å²) >= 11 is 0. The molecular weight excluding hydrogens is 192 g/mol. The second-order valence-corrected chi connectivity index (χ2v) is 4.84. The Hall–Kier alpha value is -0.860. The summed E-state index contributed by atoms with van der Waals surface area (Å²) in [5.74, 6) is -0.160. The van der Waals surface area contributed by atoms with Crippen molar-refractivity contribution in [1.82, 2.24) is 0 Å². The van der Waals surface area contributed by atoms with Gasteiger partial charge in [0.1, 0.15) is 0 Å². The zero-order chi connectivity index (χ0) is 11.5. The summed E-state index contributed by atoms with van der Waals surface area (Å²) < 4.78 is 5.27. The van der Waals surface area contributed by atoms with Gasteiger partial charge in [-0.25, -0.2) is 0 Å². The van der Waals surface area contributed by atoms with Crippen molar-refractivity contribution < 1.29 is 14.3 Å². The van der Waals surface area contributed by atoms with E-state index in [2.05, 4.69) is 0 Å². The topological polar surface area (TPSA) is 43.4 Å². The molecule has 0 aromatic carbocycles. The fraction of sp³-hybridized carbons (Fsp3) is 0.833. The molecule has 0 heterocycles. The summed E-state index contributed by atoms with van der Waals surface area (Å²) in [6.45, 7) is 5.65. The molecule has 1 saturated carbocycles. The molecule has 0 bridgehead atoms. The van der Waals surface area contributed by atoms with Crippen LogP contribution >= 0.6 is 0 Å². The third-order valence-corrected chi connectivity index (χ3v) is 3.18. The summed E-state index contributed by atoms with van der Waals surface area (Å²) in [7, 11) is 0. The number of hydrogen-bond acceptors (Lipinski definition) is 3. The van der Waals surface area contributed by atoms with Crippen LogP contribution < -0.4 is 0 Å². The maximum absolute atomic E-state index is 11.7. The number of esters is 1. The molecule has 0 aliphatic heterocycles. The van der Waals surface area contributed by atoms with E-state index in [4.69, 9.17) is 4.74 Å². The van der Waals surface area contributed by atoms with Crippen LogP contribution in [0.1, 0.15) is 52.9 Å². The molecule has 1 unspecified atom stereocenters. The van der Waals surface area contributed by atoms with Crippen LogP contribution in [0.2, 0.25) is 0 Å². The molecule has 1 atom stereocenters. The van der Waals surface area contributed by atoms with Crippen LogP contribution in [-0.2, 0) is 14.3 Å². The van der Waals surface area contributed by atoms with Crippen LogP contribution in [0.5, 0.6) is 0 Å². The van der Waals surface area contributed by atoms with E-state index >= 15 is 0 Å². The second-order valence-electron chi connectivity index (χ2n) is 4.84. The molecule has 1 rings (SSSR count). The average Bonchev–Trinajstić information content (AvgIpc) is 2.21. The first kappa shape index (κ1) is 12.2. The van der Waals surface area contributed by atoms with Gasteiger partial charge < -0.3 is 4.74 Å². The molecule has 0 radical (unpaired) electrons. The van der Waals surface area contributed by atoms with Crippen molar-refractivity contribution in [2.45, 2.75) is 59.0 Å². The van der Waals surface area contributed by atoms with Gasteiger partial charge in [0.25, 0.3) is 0 Å². The highest BCUT2D eigenvalue weighted by molar-refractivity contribution is 5.87. The van der Waals surface area contributed by atoms with E-state index in [0.29, 0.717) is 12.8 Å². The first-order chi connectivity index (χ1) is 6.97. The molecule has 0 amide bonds. The lowest BCUT2D eigenvalue weighted by Crippen LogP contribution is -2.35. The van der Waals surface area contributed by atoms with Crippen molar-refractivity contribution in [3.63, 3.8) is 0 Å². The molecule has 0 saturated heterocycles. The summed E-state index contributed by atoms with van der Waals surface area (Å²) in [5, 5.41) is 0. The van der Waals surface area contributed by atoms with E-state index in [1.165, 1.54) is 0 Å². The standard InChI is InChI=1S/C12H20O3/c1-4-12(2,3)11(14)15-10-8-6-5-7-9(10)13/h10H,4-8H2,1-3H3. The minimum atomic E-state index is -0.475. The van der Waals surface area contributed by atoms with E-state index < -0.39 is 11.5 Å². The van der Waals surface area contributed by atoms with Gasteiger partial charge in [-0.15, -0.1) is 0 Å². The Morgan fingerprint density at radius 3 is 2.67 bits per heavy atom. The second kappa shape index (κ2) is 4.77. The maximum atomic E-state index is 11.7. The lowest BCUT2D eigenvalue weighted by Gasteiger charge is -2.26. The van der Waals surface area contributed by atoms with E-state index in [0.717, 1.165) is 19.3 Å². The zero-order valence-corrected chi connectivity index (χ0v) is 9.84. The largest absolute Gasteiger partial charge is 0.454 e. The molecule has 86 valence electrons. The van der Waals surface area contributed by atoms with Crippen LogP contribution in [0.3, 0.4) is 0 Å². The molecular formula is C12H20O3. The quantitative estimate of drug-likeness (QED) is 0.675. The molecule has 1 fully saturated rings. The zero-order valence-electron chi connectivity index (χ0n) is 9.84. The van der Waals surface area contributed by atoms with Gasteiger partial charge >= 0.3 is 5.97 Å². The number of rotatable bonds is 3. The molecule has 1 aliphatic carbocycles. The van der Waals surface area contributed by atoms with Gasteiger partial charge in [-0.2, -0.15) is 0 Å². The third-order valence-electron chi connectivity index (χ3n) is 3.18. The van der Waals surface area contributed by atoms with Crippen molar-refractivity contribution in [1.29, 1.82) is 0 Å². The molecule has 3 nitrogen and oxygen atoms in total. The van der Waals surface area contributed by atoms with Crippen molar-refractivity contribution >= 4 is 11.8 Å². The predicted molar refractivity (Wildman–Crippen MR) is 57.4 cm³/mol. The Morgan fingerprint density at radius 1 is 1.47 bits per heavy atom. The van der Waals surface area contributed by atoms with E-state index in [9.17, 15) is 9.59 Å². The summed E-state index contributed by atoms with van der Waals surface area (Å²) in [6.07, 6.45) is 3.43. The molecule has 1 aliphatic rings. The van der Waals surface area contributed by atoms with Crippen molar-refractivity contribution in [3.05, 3.63) is 0 Å². The van der Waals surface area contributed by atoms with Crippen LogP contribution in [0.25, 0.3) is 0 Å². The Balaban J connectivity index is 2.53. The van der Waals surface area contributed by atoms with Crippen molar-refractivity contribution in [3.8, 4) is 0 Å². The Kier molecular flexibility index (Phi) is 3.89. The highest BCUT2D eigenvalue weighted by atomic mass is 16.5. The summed E-state index contributed by atoms with van der Waals surface area (Å²) in [4.78, 5) is 23.2. The minimum Gasteiger partial charge on any atom is -0.454 e. The molecule has 15 heavy (non-hydrogen) atoms. The van der Waals surface area contributed by atoms with Gasteiger partial charge in [0.15, 0.2) is 11.9 Å². The maximum Gasteiger partial charge on any atom is 0.312 e. The van der Waals surface area contributed by atoms with Gasteiger partial charge in [-0.1, -0.05) is 6.92 Å². The number of Topliss-reactive ketones (excluding diaryl/α,β-unsaturated/α-hetero) is 1. The lowest BCUT2D eigenvalue weighted by atomic mass is 9.90. The van der Waals surface area contributed by atoms with Crippen LogP contribution in [0.15, 0.2) is 0 Å². The fourth-order valence-corrected chi connectivity index (χ4v) is 1.51. The first-order valence-corrected chi connectivity index (χ1v) is 5.71. The van der Waals surface area contributed by atoms with E-state index in [1.54, 1.807) is 0 Å². The number of ether oxygens (including phenoxy) is 1. The van der Waals surface area contributed by atoms with Crippen LogP contribution in [0.4, 0.5) is 0 Å². The number of carbonyl (C=O) groups is 2. The third kappa shape index (κ3) is 3.05. The SMILES string of the molecule is CCC(C)(C)C(=O)OC1CCCCC1=O. The average molecular weight is 212 g/mol. The van der Waals surface area contributed by atoms with Crippen LogP contribution in [-0.4, -0.2) is 17.9 Å². The molecule has 3 heteroatoms. The molecule has 0 spiro atoms. The highest BCUT2D eigenvalue weighted by Gasteiger charge is 2.32. The van der Waals surface area contributed by atoms with Gasteiger partial charge in [0.05, 0.1) is 5.41 Å². The highest BCUT2D eigenvalue weighted by Crippen LogP contribution is 2.25. The van der Waals surface area contributed by atoms with E-state index in [1.807, 2.05) is 20.8 Å². The van der Waals surface area contributed by atoms with Gasteiger partial charge in [0, 0.05) is 6.42 Å². The minimum absolute atomic E-state index is 0.0847. The summed E-state index contributed by atoms with van der Waals surface area (Å²) in [6, 6.07) is 0. The molecule has 0 N–H and O–H groups in total. The Labute approximate surface area is 91.2 Å². The van der Waals surface area contributed by atoms with Crippen molar-refractivity contribution in [2.24, 2.45) is 5.41 Å².